The van der Waals surface area contributed by atoms with Crippen LogP contribution < -0.4 is 20.3 Å². The molecule has 13 nitrogen and oxygen atoms in total. The number of hydrogen-bond acceptors (Lipinski definition) is 10. The lowest BCUT2D eigenvalue weighted by Crippen LogP contribution is -2.60. The van der Waals surface area contributed by atoms with E-state index in [1.54, 1.807) is 11.8 Å². The van der Waals surface area contributed by atoms with Crippen molar-refractivity contribution in [1.82, 2.24) is 29.7 Å². The second-order valence-corrected chi connectivity index (χ2v) is 11.0. The highest BCUT2D eigenvalue weighted by atomic mass is 19.3. The number of ether oxygens (including phenoxy) is 2. The standard InChI is InChI=1S/C28H41F2N9O4/c1-5-7-19-14-20(9-12-37(3)17-19)43-27(41)36-22-8-11-31-25(34-22)39-13-10-28(29,30)21(18-39)38(4)26(40)35-23-15-33-24(16-32-23)42-6-2/h8,11,15-16,19-21H,5-7,9-10,12-14,17-18H2,1-4H3,(H,32,35,40)(H,31,34,36,41)/t19-,20-,21-/m0/s1. The van der Waals surface area contributed by atoms with Gasteiger partial charge in [0.1, 0.15) is 18.0 Å². The number of rotatable bonds is 9. The van der Waals surface area contributed by atoms with Crippen LogP contribution in [0.2, 0.25) is 0 Å². The summed E-state index contributed by atoms with van der Waals surface area (Å²) < 4.78 is 41.0. The summed E-state index contributed by atoms with van der Waals surface area (Å²) in [5.74, 6) is -1.97. The van der Waals surface area contributed by atoms with E-state index in [-0.39, 0.29) is 42.7 Å². The Bertz CT molecular complexity index is 1220. The lowest BCUT2D eigenvalue weighted by Gasteiger charge is -2.42. The van der Waals surface area contributed by atoms with Gasteiger partial charge in [-0.25, -0.2) is 33.3 Å². The molecule has 0 spiro atoms. The molecular weight excluding hydrogens is 564 g/mol. The first-order valence-corrected chi connectivity index (χ1v) is 14.7. The van der Waals surface area contributed by atoms with Crippen molar-refractivity contribution in [3.8, 4) is 5.88 Å². The SMILES string of the molecule is CCC[C@H]1C[C@@H](OC(=O)Nc2ccnc(N3CCC(F)(F)[C@@H](N(C)C(=O)Nc4cnc(OCC)cn4)C3)n2)CCN(C)C1. The number of carbonyl (C=O) groups excluding carboxylic acids is 2. The summed E-state index contributed by atoms with van der Waals surface area (Å²) in [6, 6.07) is -0.736. The number of hydrogen-bond donors (Lipinski definition) is 2. The molecule has 0 unspecified atom stereocenters. The van der Waals surface area contributed by atoms with E-state index >= 15 is 8.78 Å². The summed E-state index contributed by atoms with van der Waals surface area (Å²) in [7, 11) is 3.37. The number of piperidine rings is 1. The molecule has 0 aromatic carbocycles. The Labute approximate surface area is 250 Å². The van der Waals surface area contributed by atoms with E-state index < -0.39 is 30.5 Å². The van der Waals surface area contributed by atoms with Crippen molar-refractivity contribution in [2.24, 2.45) is 5.92 Å². The predicted molar refractivity (Wildman–Crippen MR) is 157 cm³/mol. The summed E-state index contributed by atoms with van der Waals surface area (Å²) in [6.07, 6.45) is 6.42. The van der Waals surface area contributed by atoms with E-state index in [2.05, 4.69) is 49.4 Å². The van der Waals surface area contributed by atoms with Crippen molar-refractivity contribution < 1.29 is 27.8 Å². The minimum Gasteiger partial charge on any atom is -0.477 e. The highest BCUT2D eigenvalue weighted by Gasteiger charge is 2.48. The zero-order valence-electron chi connectivity index (χ0n) is 25.1. The maximum absolute atomic E-state index is 15.0. The smallest absolute Gasteiger partial charge is 0.413 e. The van der Waals surface area contributed by atoms with Gasteiger partial charge in [0, 0.05) is 45.8 Å². The van der Waals surface area contributed by atoms with Crippen LogP contribution in [0.1, 0.15) is 46.0 Å². The van der Waals surface area contributed by atoms with Gasteiger partial charge in [-0.1, -0.05) is 13.3 Å². The first-order chi connectivity index (χ1) is 20.6. The Balaban J connectivity index is 1.37. The van der Waals surface area contributed by atoms with Gasteiger partial charge in [-0.05, 0) is 45.2 Å². The van der Waals surface area contributed by atoms with Crippen LogP contribution in [0.4, 0.5) is 36.0 Å². The summed E-state index contributed by atoms with van der Waals surface area (Å²) in [6.45, 7) is 5.91. The molecule has 0 bridgehead atoms. The third-order valence-electron chi connectivity index (χ3n) is 7.66. The van der Waals surface area contributed by atoms with E-state index in [1.165, 1.54) is 31.7 Å². The van der Waals surface area contributed by atoms with Gasteiger partial charge in [0.25, 0.3) is 5.92 Å². The number of carbonyl (C=O) groups is 2. The van der Waals surface area contributed by atoms with Crippen molar-refractivity contribution >= 4 is 29.7 Å². The summed E-state index contributed by atoms with van der Waals surface area (Å²) in [5, 5.41) is 5.15. The number of anilines is 3. The van der Waals surface area contributed by atoms with Gasteiger partial charge in [0.05, 0.1) is 19.0 Å². The Morgan fingerprint density at radius 3 is 2.65 bits per heavy atom. The van der Waals surface area contributed by atoms with Crippen LogP contribution in [0.3, 0.4) is 0 Å². The zero-order valence-corrected chi connectivity index (χ0v) is 25.1. The van der Waals surface area contributed by atoms with Crippen molar-refractivity contribution in [3.05, 3.63) is 24.7 Å². The number of urea groups is 1. The molecule has 2 aliphatic rings. The van der Waals surface area contributed by atoms with E-state index in [0.717, 1.165) is 43.7 Å². The normalized spacial score (nSPS) is 22.3. The maximum atomic E-state index is 15.0. The molecule has 0 saturated carbocycles. The largest absolute Gasteiger partial charge is 0.477 e. The van der Waals surface area contributed by atoms with E-state index in [9.17, 15) is 9.59 Å². The van der Waals surface area contributed by atoms with Crippen LogP contribution >= 0.6 is 0 Å². The highest BCUT2D eigenvalue weighted by molar-refractivity contribution is 5.88. The molecule has 2 saturated heterocycles. The van der Waals surface area contributed by atoms with E-state index in [4.69, 9.17) is 9.47 Å². The average molecular weight is 606 g/mol. The minimum atomic E-state index is -3.16. The van der Waals surface area contributed by atoms with Crippen molar-refractivity contribution in [1.29, 1.82) is 0 Å². The molecule has 0 aliphatic carbocycles. The fourth-order valence-electron chi connectivity index (χ4n) is 5.45. The van der Waals surface area contributed by atoms with Gasteiger partial charge >= 0.3 is 12.1 Å². The topological polar surface area (TPSA) is 138 Å². The summed E-state index contributed by atoms with van der Waals surface area (Å²) in [4.78, 5) is 47.1. The zero-order chi connectivity index (χ0) is 31.0. The van der Waals surface area contributed by atoms with Crippen molar-refractivity contribution in [2.75, 3.05) is 62.4 Å². The lowest BCUT2D eigenvalue weighted by atomic mass is 9.96. The third kappa shape index (κ3) is 8.81. The minimum absolute atomic E-state index is 0.0361. The number of halogens is 2. The fraction of sp³-hybridized carbons (Fsp3) is 0.643. The van der Waals surface area contributed by atoms with Gasteiger partial charge in [0.15, 0.2) is 5.82 Å². The Kier molecular flexibility index (Phi) is 10.8. The molecule has 3 amide bonds. The van der Waals surface area contributed by atoms with Crippen molar-refractivity contribution in [2.45, 2.75) is 64.0 Å². The third-order valence-corrected chi connectivity index (χ3v) is 7.66. The molecule has 236 valence electrons. The quantitative estimate of drug-likeness (QED) is 0.430. The van der Waals surface area contributed by atoms with Gasteiger partial charge in [-0.3, -0.25) is 10.6 Å². The monoisotopic (exact) mass is 605 g/mol. The van der Waals surface area contributed by atoms with Gasteiger partial charge in [0.2, 0.25) is 11.8 Å². The maximum Gasteiger partial charge on any atom is 0.413 e. The van der Waals surface area contributed by atoms with Crippen LogP contribution in [0.15, 0.2) is 24.7 Å². The van der Waals surface area contributed by atoms with Crippen LogP contribution in [0, 0.1) is 5.92 Å². The summed E-state index contributed by atoms with van der Waals surface area (Å²) >= 11 is 0. The number of likely N-dealkylation sites (N-methyl/N-ethyl adjacent to an activating group) is 1. The number of nitrogens with zero attached hydrogens (tertiary/aromatic N) is 7. The van der Waals surface area contributed by atoms with Gasteiger partial charge in [-0.2, -0.15) is 4.98 Å². The lowest BCUT2D eigenvalue weighted by molar-refractivity contribution is -0.0760. The molecule has 2 fully saturated rings. The van der Waals surface area contributed by atoms with Gasteiger partial charge < -0.3 is 24.2 Å². The van der Waals surface area contributed by atoms with Gasteiger partial charge in [-0.15, -0.1) is 0 Å². The van der Waals surface area contributed by atoms with Crippen LogP contribution in [0.5, 0.6) is 5.88 Å². The molecular formula is C28H41F2N9O4. The number of nitrogens with one attached hydrogen (secondary N) is 2. The molecule has 2 aromatic heterocycles. The fourth-order valence-corrected chi connectivity index (χ4v) is 5.45. The molecule has 3 atom stereocenters. The molecule has 2 aromatic rings. The second kappa shape index (κ2) is 14.5. The molecule has 4 rings (SSSR count). The number of amides is 3. The van der Waals surface area contributed by atoms with E-state index in [1.807, 2.05) is 0 Å². The molecule has 2 N–H and O–H groups in total. The van der Waals surface area contributed by atoms with Crippen LogP contribution in [-0.4, -0.2) is 107 Å². The Hall–Kier alpha value is -3.88. The number of alkyl halides is 2. The number of likely N-dealkylation sites (tertiary alicyclic amines) is 1. The van der Waals surface area contributed by atoms with Crippen LogP contribution in [0.25, 0.3) is 0 Å². The molecule has 15 heteroatoms. The first kappa shape index (κ1) is 32.0. The summed E-state index contributed by atoms with van der Waals surface area (Å²) in [5.41, 5.74) is 0. The number of aromatic nitrogens is 4. The average Bonchev–Trinajstić information content (AvgIpc) is 3.14. The molecule has 4 heterocycles. The van der Waals surface area contributed by atoms with Crippen LogP contribution in [-0.2, 0) is 4.74 Å². The van der Waals surface area contributed by atoms with E-state index in [0.29, 0.717) is 12.5 Å². The Morgan fingerprint density at radius 2 is 1.93 bits per heavy atom. The molecule has 43 heavy (non-hydrogen) atoms. The molecule has 2 aliphatic heterocycles. The second-order valence-electron chi connectivity index (χ2n) is 11.0. The van der Waals surface area contributed by atoms with Crippen molar-refractivity contribution in [3.63, 3.8) is 0 Å². The first-order valence-electron chi connectivity index (χ1n) is 14.7. The Morgan fingerprint density at radius 1 is 1.12 bits per heavy atom. The molecule has 0 radical (unpaired) electrons. The predicted octanol–water partition coefficient (Wildman–Crippen LogP) is 4.10. The highest BCUT2D eigenvalue weighted by Crippen LogP contribution is 2.33.